The number of benzene rings is 1. The number of hydrogen-bond acceptors (Lipinski definition) is 1. The van der Waals surface area contributed by atoms with Crippen LogP contribution in [0, 0.1) is 5.82 Å². The fraction of sp³-hybridized carbons (Fsp3) is 0.533. The quantitative estimate of drug-likeness (QED) is 0.752. The Morgan fingerprint density at radius 3 is 2.74 bits per heavy atom. The SMILES string of the molecule is CCCCCNC(=O)N(CC)Cc1cccc(F)c1. The summed E-state index contributed by atoms with van der Waals surface area (Å²) in [6, 6.07) is 6.29. The smallest absolute Gasteiger partial charge is 0.317 e. The highest BCUT2D eigenvalue weighted by atomic mass is 19.1. The van der Waals surface area contributed by atoms with E-state index in [4.69, 9.17) is 0 Å². The lowest BCUT2D eigenvalue weighted by Crippen LogP contribution is -2.39. The van der Waals surface area contributed by atoms with Crippen LogP contribution in [0.15, 0.2) is 24.3 Å². The molecule has 2 amide bonds. The van der Waals surface area contributed by atoms with Crippen molar-refractivity contribution in [2.24, 2.45) is 0 Å². The van der Waals surface area contributed by atoms with Crippen LogP contribution >= 0.6 is 0 Å². The Bertz CT molecular complexity index is 395. The molecule has 0 bridgehead atoms. The lowest BCUT2D eigenvalue weighted by molar-refractivity contribution is 0.198. The van der Waals surface area contributed by atoms with Gasteiger partial charge >= 0.3 is 6.03 Å². The molecule has 0 aliphatic rings. The van der Waals surface area contributed by atoms with Crippen molar-refractivity contribution in [3.63, 3.8) is 0 Å². The summed E-state index contributed by atoms with van der Waals surface area (Å²) in [6.07, 6.45) is 3.26. The van der Waals surface area contributed by atoms with Gasteiger partial charge in [0.1, 0.15) is 5.82 Å². The first-order valence-corrected chi connectivity index (χ1v) is 6.94. The molecule has 0 aliphatic heterocycles. The van der Waals surface area contributed by atoms with Crippen LogP contribution in [0.25, 0.3) is 0 Å². The molecule has 106 valence electrons. The number of carbonyl (C=O) groups is 1. The lowest BCUT2D eigenvalue weighted by atomic mass is 10.2. The fourth-order valence-corrected chi connectivity index (χ4v) is 1.87. The van der Waals surface area contributed by atoms with Gasteiger partial charge in [0.15, 0.2) is 0 Å². The first kappa shape index (κ1) is 15.5. The summed E-state index contributed by atoms with van der Waals surface area (Å²) in [5.41, 5.74) is 0.811. The number of hydrogen-bond donors (Lipinski definition) is 1. The Balaban J connectivity index is 2.46. The Labute approximate surface area is 114 Å². The van der Waals surface area contributed by atoms with Crippen molar-refractivity contribution < 1.29 is 9.18 Å². The van der Waals surface area contributed by atoms with E-state index in [9.17, 15) is 9.18 Å². The summed E-state index contributed by atoms with van der Waals surface area (Å²) in [6.45, 7) is 5.80. The molecule has 4 heteroatoms. The van der Waals surface area contributed by atoms with Gasteiger partial charge in [0.25, 0.3) is 0 Å². The van der Waals surface area contributed by atoms with Gasteiger partial charge in [-0.1, -0.05) is 31.9 Å². The molecule has 1 aromatic carbocycles. The zero-order valence-corrected chi connectivity index (χ0v) is 11.8. The average Bonchev–Trinajstić information content (AvgIpc) is 2.41. The van der Waals surface area contributed by atoms with E-state index in [1.807, 2.05) is 13.0 Å². The molecule has 19 heavy (non-hydrogen) atoms. The van der Waals surface area contributed by atoms with Crippen molar-refractivity contribution >= 4 is 6.03 Å². The van der Waals surface area contributed by atoms with Gasteiger partial charge in [-0.3, -0.25) is 0 Å². The van der Waals surface area contributed by atoms with Gasteiger partial charge in [-0.05, 0) is 31.0 Å². The topological polar surface area (TPSA) is 32.3 Å². The number of unbranched alkanes of at least 4 members (excludes halogenated alkanes) is 2. The molecule has 0 saturated heterocycles. The van der Waals surface area contributed by atoms with Gasteiger partial charge in [-0.15, -0.1) is 0 Å². The molecule has 0 aliphatic carbocycles. The highest BCUT2D eigenvalue weighted by Crippen LogP contribution is 2.07. The number of carbonyl (C=O) groups excluding carboxylic acids is 1. The number of rotatable bonds is 7. The molecule has 0 radical (unpaired) electrons. The van der Waals surface area contributed by atoms with Crippen LogP contribution in [-0.4, -0.2) is 24.0 Å². The van der Waals surface area contributed by atoms with Crippen LogP contribution in [0.5, 0.6) is 0 Å². The number of halogens is 1. The maximum atomic E-state index is 13.1. The summed E-state index contributed by atoms with van der Waals surface area (Å²) in [5, 5.41) is 2.90. The Kier molecular flexibility index (Phi) is 6.93. The summed E-state index contributed by atoms with van der Waals surface area (Å²) in [4.78, 5) is 13.6. The second-order valence-corrected chi connectivity index (χ2v) is 4.58. The van der Waals surface area contributed by atoms with Crippen molar-refractivity contribution in [2.45, 2.75) is 39.7 Å². The predicted molar refractivity (Wildman–Crippen MR) is 75.4 cm³/mol. The second-order valence-electron chi connectivity index (χ2n) is 4.58. The molecule has 0 unspecified atom stereocenters. The summed E-state index contributed by atoms with van der Waals surface area (Å²) in [7, 11) is 0. The second kappa shape index (κ2) is 8.51. The molecule has 0 heterocycles. The summed E-state index contributed by atoms with van der Waals surface area (Å²) >= 11 is 0. The summed E-state index contributed by atoms with van der Waals surface area (Å²) < 4.78 is 13.1. The molecule has 1 aromatic rings. The van der Waals surface area contributed by atoms with Crippen LogP contribution in [0.3, 0.4) is 0 Å². The predicted octanol–water partition coefficient (Wildman–Crippen LogP) is 3.55. The number of nitrogens with one attached hydrogen (secondary N) is 1. The van der Waals surface area contributed by atoms with Crippen LogP contribution < -0.4 is 5.32 Å². The number of urea groups is 1. The molecular formula is C15H23FN2O. The normalized spacial score (nSPS) is 10.3. The zero-order valence-electron chi connectivity index (χ0n) is 11.8. The zero-order chi connectivity index (χ0) is 14.1. The van der Waals surface area contributed by atoms with E-state index in [2.05, 4.69) is 12.2 Å². The van der Waals surface area contributed by atoms with Crippen molar-refractivity contribution in [2.75, 3.05) is 13.1 Å². The third kappa shape index (κ3) is 5.73. The fourth-order valence-electron chi connectivity index (χ4n) is 1.87. The van der Waals surface area contributed by atoms with E-state index in [1.165, 1.54) is 12.1 Å². The molecule has 0 saturated carbocycles. The van der Waals surface area contributed by atoms with Crippen LogP contribution in [0.4, 0.5) is 9.18 Å². The van der Waals surface area contributed by atoms with Crippen molar-refractivity contribution in [3.8, 4) is 0 Å². The van der Waals surface area contributed by atoms with E-state index in [-0.39, 0.29) is 11.8 Å². The highest BCUT2D eigenvalue weighted by molar-refractivity contribution is 5.74. The average molecular weight is 266 g/mol. The molecule has 0 spiro atoms. The molecule has 0 aromatic heterocycles. The van der Waals surface area contributed by atoms with E-state index in [1.54, 1.807) is 11.0 Å². The minimum atomic E-state index is -0.267. The standard InChI is InChI=1S/C15H23FN2O/c1-3-5-6-10-17-15(19)18(4-2)12-13-8-7-9-14(16)11-13/h7-9,11H,3-6,10,12H2,1-2H3,(H,17,19). The molecule has 0 fully saturated rings. The van der Waals surface area contributed by atoms with E-state index in [0.717, 1.165) is 24.8 Å². The van der Waals surface area contributed by atoms with E-state index in [0.29, 0.717) is 19.6 Å². The van der Waals surface area contributed by atoms with Gasteiger partial charge in [-0.2, -0.15) is 0 Å². The third-order valence-corrected chi connectivity index (χ3v) is 2.99. The Morgan fingerprint density at radius 1 is 1.32 bits per heavy atom. The van der Waals surface area contributed by atoms with E-state index < -0.39 is 0 Å². The highest BCUT2D eigenvalue weighted by Gasteiger charge is 2.11. The number of amides is 2. The van der Waals surface area contributed by atoms with Gasteiger partial charge in [0, 0.05) is 19.6 Å². The van der Waals surface area contributed by atoms with Crippen LogP contribution in [0.1, 0.15) is 38.7 Å². The first-order chi connectivity index (χ1) is 9.17. The minimum Gasteiger partial charge on any atom is -0.338 e. The van der Waals surface area contributed by atoms with Crippen molar-refractivity contribution in [3.05, 3.63) is 35.6 Å². The summed E-state index contributed by atoms with van der Waals surface area (Å²) in [5.74, 6) is -0.267. The maximum absolute atomic E-state index is 13.1. The van der Waals surface area contributed by atoms with Crippen LogP contribution in [-0.2, 0) is 6.54 Å². The van der Waals surface area contributed by atoms with Gasteiger partial charge in [0.05, 0.1) is 0 Å². The van der Waals surface area contributed by atoms with Crippen molar-refractivity contribution in [1.82, 2.24) is 10.2 Å². The Morgan fingerprint density at radius 2 is 2.11 bits per heavy atom. The minimum absolute atomic E-state index is 0.0807. The van der Waals surface area contributed by atoms with Gasteiger partial charge in [0.2, 0.25) is 0 Å². The maximum Gasteiger partial charge on any atom is 0.317 e. The third-order valence-electron chi connectivity index (χ3n) is 2.99. The largest absolute Gasteiger partial charge is 0.338 e. The van der Waals surface area contributed by atoms with E-state index >= 15 is 0 Å². The molecule has 1 N–H and O–H groups in total. The van der Waals surface area contributed by atoms with Gasteiger partial charge in [-0.25, -0.2) is 9.18 Å². The molecule has 1 rings (SSSR count). The van der Waals surface area contributed by atoms with Gasteiger partial charge < -0.3 is 10.2 Å². The lowest BCUT2D eigenvalue weighted by Gasteiger charge is -2.21. The molecule has 0 atom stereocenters. The van der Waals surface area contributed by atoms with Crippen LogP contribution in [0.2, 0.25) is 0 Å². The van der Waals surface area contributed by atoms with Crippen molar-refractivity contribution in [1.29, 1.82) is 0 Å². The first-order valence-electron chi connectivity index (χ1n) is 6.94. The number of nitrogens with zero attached hydrogens (tertiary/aromatic N) is 1. The molecule has 3 nitrogen and oxygen atoms in total. The monoisotopic (exact) mass is 266 g/mol. The molecular weight excluding hydrogens is 243 g/mol. The Hall–Kier alpha value is -1.58.